The lowest BCUT2D eigenvalue weighted by Gasteiger charge is -2.12. The Morgan fingerprint density at radius 1 is 0.958 bits per heavy atom. The van der Waals surface area contributed by atoms with Crippen LogP contribution in [-0.2, 0) is 6.54 Å². The maximum absolute atomic E-state index is 11.8. The van der Waals surface area contributed by atoms with Crippen molar-refractivity contribution in [3.63, 3.8) is 0 Å². The van der Waals surface area contributed by atoms with Gasteiger partial charge in [0.25, 0.3) is 0 Å². The lowest BCUT2D eigenvalue weighted by molar-refractivity contribution is 0.238. The van der Waals surface area contributed by atoms with Gasteiger partial charge in [0.2, 0.25) is 0 Å². The molecule has 4 nitrogen and oxygen atoms in total. The first-order valence-electron chi connectivity index (χ1n) is 8.32. The molecule has 0 bridgehead atoms. The molecule has 2 rings (SSSR count). The molecule has 0 saturated heterocycles. The van der Waals surface area contributed by atoms with Crippen molar-refractivity contribution >= 4 is 6.03 Å². The topological polar surface area (TPSA) is 50.4 Å². The Bertz CT molecular complexity index is 646. The summed E-state index contributed by atoms with van der Waals surface area (Å²) in [7, 11) is 0. The van der Waals surface area contributed by atoms with Crippen LogP contribution in [0.4, 0.5) is 4.79 Å². The number of para-hydroxylation sites is 1. The zero-order chi connectivity index (χ0) is 17.4. The zero-order valence-corrected chi connectivity index (χ0v) is 14.7. The van der Waals surface area contributed by atoms with E-state index in [2.05, 4.69) is 10.6 Å². The first-order chi connectivity index (χ1) is 11.6. The van der Waals surface area contributed by atoms with E-state index in [1.54, 1.807) is 0 Å². The molecule has 0 saturated carbocycles. The van der Waals surface area contributed by atoms with Crippen LogP contribution in [0.15, 0.2) is 42.5 Å². The summed E-state index contributed by atoms with van der Waals surface area (Å²) in [5.41, 5.74) is 4.58. The van der Waals surface area contributed by atoms with Crippen molar-refractivity contribution in [3.8, 4) is 5.75 Å². The van der Waals surface area contributed by atoms with Gasteiger partial charge in [-0.2, -0.15) is 0 Å². The van der Waals surface area contributed by atoms with Crippen molar-refractivity contribution in [3.05, 3.63) is 64.7 Å². The van der Waals surface area contributed by atoms with Crippen LogP contribution >= 0.6 is 0 Å². The van der Waals surface area contributed by atoms with Gasteiger partial charge in [-0.15, -0.1) is 0 Å². The average Bonchev–Trinajstić information content (AvgIpc) is 2.56. The summed E-state index contributed by atoms with van der Waals surface area (Å²) in [6.45, 7) is 7.84. The standard InChI is InChI=1S/C20H26N2O2/c1-15-8-10-18(11-9-15)14-22-20(23)21-12-5-13-24-19-16(2)6-4-7-17(19)3/h4,6-11H,5,12-14H2,1-3H3,(H2,21,22,23). The normalized spacial score (nSPS) is 10.3. The minimum Gasteiger partial charge on any atom is -0.493 e. The second-order valence-electron chi connectivity index (χ2n) is 6.02. The molecule has 4 heteroatoms. The van der Waals surface area contributed by atoms with E-state index in [1.165, 1.54) is 5.56 Å². The smallest absolute Gasteiger partial charge is 0.315 e. The molecule has 0 aromatic heterocycles. The fourth-order valence-electron chi connectivity index (χ4n) is 2.43. The van der Waals surface area contributed by atoms with E-state index < -0.39 is 0 Å². The van der Waals surface area contributed by atoms with Crippen molar-refractivity contribution in [2.24, 2.45) is 0 Å². The van der Waals surface area contributed by atoms with Gasteiger partial charge < -0.3 is 15.4 Å². The SMILES string of the molecule is Cc1ccc(CNC(=O)NCCCOc2c(C)cccc2C)cc1. The van der Waals surface area contributed by atoms with Crippen LogP contribution in [0, 0.1) is 20.8 Å². The Labute approximate surface area is 144 Å². The number of nitrogens with one attached hydrogen (secondary N) is 2. The van der Waals surface area contributed by atoms with Crippen LogP contribution in [0.3, 0.4) is 0 Å². The van der Waals surface area contributed by atoms with Crippen molar-refractivity contribution < 1.29 is 9.53 Å². The zero-order valence-electron chi connectivity index (χ0n) is 14.7. The van der Waals surface area contributed by atoms with Crippen LogP contribution < -0.4 is 15.4 Å². The molecule has 0 aliphatic heterocycles. The Hall–Kier alpha value is -2.49. The summed E-state index contributed by atoms with van der Waals surface area (Å²) < 4.78 is 5.82. The Morgan fingerprint density at radius 3 is 2.29 bits per heavy atom. The van der Waals surface area contributed by atoms with Crippen LogP contribution in [0.25, 0.3) is 0 Å². The van der Waals surface area contributed by atoms with Gasteiger partial charge in [0.1, 0.15) is 5.75 Å². The van der Waals surface area contributed by atoms with Gasteiger partial charge in [-0.25, -0.2) is 4.79 Å². The van der Waals surface area contributed by atoms with Gasteiger partial charge >= 0.3 is 6.03 Å². The summed E-state index contributed by atoms with van der Waals surface area (Å²) >= 11 is 0. The number of rotatable bonds is 7. The van der Waals surface area contributed by atoms with E-state index >= 15 is 0 Å². The molecule has 24 heavy (non-hydrogen) atoms. The highest BCUT2D eigenvalue weighted by Gasteiger charge is 2.03. The van der Waals surface area contributed by atoms with Gasteiger partial charge in [0.05, 0.1) is 6.61 Å². The number of benzene rings is 2. The maximum atomic E-state index is 11.8. The van der Waals surface area contributed by atoms with Gasteiger partial charge in [0.15, 0.2) is 0 Å². The summed E-state index contributed by atoms with van der Waals surface area (Å²) in [4.78, 5) is 11.8. The van der Waals surface area contributed by atoms with Crippen molar-refractivity contribution in [2.75, 3.05) is 13.2 Å². The second-order valence-corrected chi connectivity index (χ2v) is 6.02. The first kappa shape index (κ1) is 17.9. The van der Waals surface area contributed by atoms with Gasteiger partial charge in [-0.1, -0.05) is 48.0 Å². The van der Waals surface area contributed by atoms with Crippen LogP contribution in [0.1, 0.15) is 28.7 Å². The highest BCUT2D eigenvalue weighted by molar-refractivity contribution is 5.73. The Morgan fingerprint density at radius 2 is 1.62 bits per heavy atom. The van der Waals surface area contributed by atoms with Crippen LogP contribution in [0.5, 0.6) is 5.75 Å². The summed E-state index contributed by atoms with van der Waals surface area (Å²) in [5, 5.41) is 5.70. The minimum atomic E-state index is -0.150. The van der Waals surface area contributed by atoms with E-state index in [-0.39, 0.29) is 6.03 Å². The van der Waals surface area contributed by atoms with Gasteiger partial charge in [0, 0.05) is 13.1 Å². The number of hydrogen-bond donors (Lipinski definition) is 2. The van der Waals surface area contributed by atoms with E-state index in [9.17, 15) is 4.79 Å². The predicted octanol–water partition coefficient (Wildman–Crippen LogP) is 3.88. The molecule has 128 valence electrons. The molecular weight excluding hydrogens is 300 g/mol. The monoisotopic (exact) mass is 326 g/mol. The van der Waals surface area contributed by atoms with Gasteiger partial charge in [-0.3, -0.25) is 0 Å². The third-order valence-corrected chi connectivity index (χ3v) is 3.84. The van der Waals surface area contributed by atoms with E-state index in [0.717, 1.165) is 28.9 Å². The number of ether oxygens (including phenoxy) is 1. The molecule has 0 unspecified atom stereocenters. The molecule has 0 spiro atoms. The average molecular weight is 326 g/mol. The molecule has 2 aromatic rings. The third-order valence-electron chi connectivity index (χ3n) is 3.84. The minimum absolute atomic E-state index is 0.150. The molecule has 0 aliphatic carbocycles. The van der Waals surface area contributed by atoms with Crippen molar-refractivity contribution in [2.45, 2.75) is 33.7 Å². The van der Waals surface area contributed by atoms with Gasteiger partial charge in [-0.05, 0) is 43.9 Å². The molecule has 2 N–H and O–H groups in total. The van der Waals surface area contributed by atoms with E-state index in [4.69, 9.17) is 4.74 Å². The lowest BCUT2D eigenvalue weighted by Crippen LogP contribution is -2.36. The highest BCUT2D eigenvalue weighted by atomic mass is 16.5. The molecule has 2 aromatic carbocycles. The van der Waals surface area contributed by atoms with Crippen LogP contribution in [0.2, 0.25) is 0 Å². The van der Waals surface area contributed by atoms with Crippen molar-refractivity contribution in [1.82, 2.24) is 10.6 Å². The summed E-state index contributed by atoms with van der Waals surface area (Å²) in [6, 6.07) is 14.1. The third kappa shape index (κ3) is 5.61. The van der Waals surface area contributed by atoms with Crippen molar-refractivity contribution in [1.29, 1.82) is 0 Å². The largest absolute Gasteiger partial charge is 0.493 e. The number of amides is 2. The second kappa shape index (κ2) is 8.96. The van der Waals surface area contributed by atoms with E-state index in [0.29, 0.717) is 19.7 Å². The lowest BCUT2D eigenvalue weighted by atomic mass is 10.1. The Kier molecular flexibility index (Phi) is 6.67. The molecule has 0 fully saturated rings. The molecular formula is C20H26N2O2. The summed E-state index contributed by atoms with van der Waals surface area (Å²) in [6.07, 6.45) is 0.770. The number of carbonyl (C=O) groups is 1. The molecule has 0 radical (unpaired) electrons. The molecule has 0 heterocycles. The number of aryl methyl sites for hydroxylation is 3. The quantitative estimate of drug-likeness (QED) is 0.759. The Balaban J connectivity index is 1.62. The van der Waals surface area contributed by atoms with E-state index in [1.807, 2.05) is 63.2 Å². The summed E-state index contributed by atoms with van der Waals surface area (Å²) in [5.74, 6) is 0.946. The number of urea groups is 1. The number of carbonyl (C=O) groups excluding carboxylic acids is 1. The molecule has 0 atom stereocenters. The first-order valence-corrected chi connectivity index (χ1v) is 8.32. The number of hydrogen-bond acceptors (Lipinski definition) is 2. The molecule has 2 amide bonds. The fraction of sp³-hybridized carbons (Fsp3) is 0.350. The maximum Gasteiger partial charge on any atom is 0.315 e. The predicted molar refractivity (Wildman–Crippen MR) is 97.4 cm³/mol. The molecule has 0 aliphatic rings. The highest BCUT2D eigenvalue weighted by Crippen LogP contribution is 2.22. The fourth-order valence-corrected chi connectivity index (χ4v) is 2.43. The van der Waals surface area contributed by atoms with Crippen LogP contribution in [-0.4, -0.2) is 19.2 Å².